The molecule has 1 N–H and O–H groups in total. The van der Waals surface area contributed by atoms with Crippen molar-refractivity contribution < 1.29 is 4.39 Å². The van der Waals surface area contributed by atoms with Gasteiger partial charge in [0.15, 0.2) is 0 Å². The molecule has 0 aliphatic rings. The van der Waals surface area contributed by atoms with Crippen LogP contribution in [0.15, 0.2) is 18.2 Å². The number of rotatable bonds is 3. The standard InChI is InChI=1S/C10H11FN2/c1-2-13-7-9-5-8(6-12)3-4-10(9)11/h3-5,13H,2,7H2,1H3. The summed E-state index contributed by atoms with van der Waals surface area (Å²) in [6, 6.07) is 6.35. The summed E-state index contributed by atoms with van der Waals surface area (Å²) < 4.78 is 13.1. The van der Waals surface area contributed by atoms with Gasteiger partial charge in [-0.1, -0.05) is 6.92 Å². The van der Waals surface area contributed by atoms with Crippen LogP contribution in [0, 0.1) is 17.1 Å². The van der Waals surface area contributed by atoms with Crippen molar-refractivity contribution in [3.05, 3.63) is 35.1 Å². The van der Waals surface area contributed by atoms with Gasteiger partial charge < -0.3 is 5.32 Å². The molecule has 0 unspecified atom stereocenters. The summed E-state index contributed by atoms with van der Waals surface area (Å²) in [5, 5.41) is 11.6. The van der Waals surface area contributed by atoms with E-state index < -0.39 is 0 Å². The third-order valence-electron chi connectivity index (χ3n) is 1.74. The minimum atomic E-state index is -0.264. The van der Waals surface area contributed by atoms with Crippen molar-refractivity contribution in [1.82, 2.24) is 5.32 Å². The van der Waals surface area contributed by atoms with Gasteiger partial charge in [-0.25, -0.2) is 4.39 Å². The highest BCUT2D eigenvalue weighted by Gasteiger charge is 2.01. The molecule has 1 rings (SSSR count). The van der Waals surface area contributed by atoms with Crippen molar-refractivity contribution in [1.29, 1.82) is 5.26 Å². The van der Waals surface area contributed by atoms with E-state index in [1.165, 1.54) is 12.1 Å². The lowest BCUT2D eigenvalue weighted by atomic mass is 10.1. The summed E-state index contributed by atoms with van der Waals surface area (Å²) in [6.07, 6.45) is 0. The van der Waals surface area contributed by atoms with Gasteiger partial charge in [0.1, 0.15) is 5.82 Å². The van der Waals surface area contributed by atoms with Gasteiger partial charge in [0.25, 0.3) is 0 Å². The third-order valence-corrected chi connectivity index (χ3v) is 1.74. The number of nitriles is 1. The SMILES string of the molecule is CCNCc1cc(C#N)ccc1F. The number of benzene rings is 1. The van der Waals surface area contributed by atoms with E-state index in [0.717, 1.165) is 6.54 Å². The van der Waals surface area contributed by atoms with Crippen molar-refractivity contribution in [3.8, 4) is 6.07 Å². The average molecular weight is 178 g/mol. The topological polar surface area (TPSA) is 35.8 Å². The van der Waals surface area contributed by atoms with Gasteiger partial charge >= 0.3 is 0 Å². The molecule has 0 saturated heterocycles. The lowest BCUT2D eigenvalue weighted by molar-refractivity contribution is 0.593. The first-order valence-corrected chi connectivity index (χ1v) is 4.17. The monoisotopic (exact) mass is 178 g/mol. The first-order chi connectivity index (χ1) is 6.27. The van der Waals surface area contributed by atoms with Crippen LogP contribution in [0.5, 0.6) is 0 Å². The molecule has 0 radical (unpaired) electrons. The van der Waals surface area contributed by atoms with E-state index in [9.17, 15) is 4.39 Å². The molecule has 0 bridgehead atoms. The number of nitrogens with zero attached hydrogens (tertiary/aromatic N) is 1. The summed E-state index contributed by atoms with van der Waals surface area (Å²) in [7, 11) is 0. The van der Waals surface area contributed by atoms with Crippen molar-refractivity contribution in [3.63, 3.8) is 0 Å². The Morgan fingerprint density at radius 3 is 2.92 bits per heavy atom. The van der Waals surface area contributed by atoms with Crippen LogP contribution >= 0.6 is 0 Å². The summed E-state index contributed by atoms with van der Waals surface area (Å²) in [6.45, 7) is 3.21. The molecule has 2 nitrogen and oxygen atoms in total. The first kappa shape index (κ1) is 9.69. The van der Waals surface area contributed by atoms with Gasteiger partial charge in [-0.3, -0.25) is 0 Å². The Morgan fingerprint density at radius 1 is 1.54 bits per heavy atom. The van der Waals surface area contributed by atoms with E-state index in [1.54, 1.807) is 6.07 Å². The zero-order valence-electron chi connectivity index (χ0n) is 7.47. The molecule has 1 aromatic carbocycles. The fourth-order valence-corrected chi connectivity index (χ4v) is 1.04. The summed E-state index contributed by atoms with van der Waals surface area (Å²) >= 11 is 0. The molecule has 0 heterocycles. The molecule has 0 aliphatic heterocycles. The van der Waals surface area contributed by atoms with Crippen molar-refractivity contribution >= 4 is 0 Å². The van der Waals surface area contributed by atoms with Gasteiger partial charge in [-0.05, 0) is 24.7 Å². The highest BCUT2D eigenvalue weighted by atomic mass is 19.1. The van der Waals surface area contributed by atoms with Crippen LogP contribution in [0.25, 0.3) is 0 Å². The minimum absolute atomic E-state index is 0.264. The van der Waals surface area contributed by atoms with Crippen LogP contribution in [-0.4, -0.2) is 6.54 Å². The summed E-state index contributed by atoms with van der Waals surface area (Å²) in [5.74, 6) is -0.264. The number of halogens is 1. The smallest absolute Gasteiger partial charge is 0.127 e. The fraction of sp³-hybridized carbons (Fsp3) is 0.300. The molecule has 0 fully saturated rings. The Bertz CT molecular complexity index is 328. The Hall–Kier alpha value is -1.40. The molecule has 0 aromatic heterocycles. The van der Waals surface area contributed by atoms with Gasteiger partial charge in [0.05, 0.1) is 11.6 Å². The summed E-state index contributed by atoms with van der Waals surface area (Å²) in [4.78, 5) is 0. The lowest BCUT2D eigenvalue weighted by Gasteiger charge is -2.03. The Kier molecular flexibility index (Phi) is 3.41. The largest absolute Gasteiger partial charge is 0.313 e. The Balaban J connectivity index is 2.85. The second-order valence-corrected chi connectivity index (χ2v) is 2.70. The molecule has 1 aromatic rings. The third kappa shape index (κ3) is 2.53. The normalized spacial score (nSPS) is 9.62. The van der Waals surface area contributed by atoms with Gasteiger partial charge in [-0.15, -0.1) is 0 Å². The van der Waals surface area contributed by atoms with Crippen molar-refractivity contribution in [2.24, 2.45) is 0 Å². The first-order valence-electron chi connectivity index (χ1n) is 4.17. The molecule has 13 heavy (non-hydrogen) atoms. The number of hydrogen-bond acceptors (Lipinski definition) is 2. The predicted octanol–water partition coefficient (Wildman–Crippen LogP) is 1.81. The Labute approximate surface area is 77.0 Å². The van der Waals surface area contributed by atoms with E-state index in [-0.39, 0.29) is 5.82 Å². The van der Waals surface area contributed by atoms with Crippen LogP contribution in [0.1, 0.15) is 18.1 Å². The summed E-state index contributed by atoms with van der Waals surface area (Å²) in [5.41, 5.74) is 1.04. The van der Waals surface area contributed by atoms with E-state index >= 15 is 0 Å². The molecule has 3 heteroatoms. The molecular weight excluding hydrogens is 167 g/mol. The lowest BCUT2D eigenvalue weighted by Crippen LogP contribution is -2.13. The van der Waals surface area contributed by atoms with E-state index in [1.807, 2.05) is 13.0 Å². The number of nitrogens with one attached hydrogen (secondary N) is 1. The van der Waals surface area contributed by atoms with Crippen LogP contribution < -0.4 is 5.32 Å². The van der Waals surface area contributed by atoms with Crippen LogP contribution in [0.2, 0.25) is 0 Å². The maximum Gasteiger partial charge on any atom is 0.127 e. The molecule has 68 valence electrons. The van der Waals surface area contributed by atoms with Gasteiger partial charge in [0, 0.05) is 12.1 Å². The second kappa shape index (κ2) is 4.58. The van der Waals surface area contributed by atoms with E-state index in [2.05, 4.69) is 5.32 Å². The second-order valence-electron chi connectivity index (χ2n) is 2.70. The van der Waals surface area contributed by atoms with Crippen molar-refractivity contribution in [2.45, 2.75) is 13.5 Å². The quantitative estimate of drug-likeness (QED) is 0.766. The zero-order valence-corrected chi connectivity index (χ0v) is 7.47. The highest BCUT2D eigenvalue weighted by Crippen LogP contribution is 2.09. The van der Waals surface area contributed by atoms with E-state index in [4.69, 9.17) is 5.26 Å². The molecule has 0 spiro atoms. The molecule has 0 amide bonds. The molecule has 0 aliphatic carbocycles. The highest BCUT2D eigenvalue weighted by molar-refractivity contribution is 5.33. The zero-order chi connectivity index (χ0) is 9.68. The van der Waals surface area contributed by atoms with Gasteiger partial charge in [-0.2, -0.15) is 5.26 Å². The number of hydrogen-bond donors (Lipinski definition) is 1. The maximum atomic E-state index is 13.1. The van der Waals surface area contributed by atoms with Crippen LogP contribution in [0.4, 0.5) is 4.39 Å². The Morgan fingerprint density at radius 2 is 2.31 bits per heavy atom. The van der Waals surface area contributed by atoms with E-state index in [0.29, 0.717) is 17.7 Å². The minimum Gasteiger partial charge on any atom is -0.313 e. The fourth-order valence-electron chi connectivity index (χ4n) is 1.04. The molecular formula is C10H11FN2. The van der Waals surface area contributed by atoms with Crippen molar-refractivity contribution in [2.75, 3.05) is 6.54 Å². The predicted molar refractivity (Wildman–Crippen MR) is 48.5 cm³/mol. The maximum absolute atomic E-state index is 13.1. The molecule has 0 saturated carbocycles. The van der Waals surface area contributed by atoms with Crippen LogP contribution in [-0.2, 0) is 6.54 Å². The average Bonchev–Trinajstić information content (AvgIpc) is 2.17. The van der Waals surface area contributed by atoms with Gasteiger partial charge in [0.2, 0.25) is 0 Å². The molecule has 0 atom stereocenters. The van der Waals surface area contributed by atoms with Crippen LogP contribution in [0.3, 0.4) is 0 Å².